The van der Waals surface area contributed by atoms with Crippen molar-refractivity contribution in [3.05, 3.63) is 11.6 Å². The molecule has 1 unspecified atom stereocenters. The van der Waals surface area contributed by atoms with Crippen molar-refractivity contribution >= 4 is 16.4 Å². The minimum Gasteiger partial charge on any atom is -0.444 e. The van der Waals surface area contributed by atoms with E-state index in [1.807, 2.05) is 26.0 Å². The van der Waals surface area contributed by atoms with E-state index in [4.69, 9.17) is 23.3 Å². The molecular weight excluding hydrogens is 276 g/mol. The Morgan fingerprint density at radius 3 is 1.74 bits per heavy atom. The summed E-state index contributed by atoms with van der Waals surface area (Å²) in [5.74, 6) is -0.350. The maximum absolute atomic E-state index is 10.8. The lowest BCUT2D eigenvalue weighted by atomic mass is 10.3. The van der Waals surface area contributed by atoms with E-state index in [9.17, 15) is 4.79 Å². The quantitative estimate of drug-likeness (QED) is 0.288. The highest BCUT2D eigenvalue weighted by molar-refractivity contribution is 7.79. The molecule has 0 heterocycles. The van der Waals surface area contributed by atoms with Crippen LogP contribution in [0, 0.1) is 0 Å². The third-order valence-corrected chi connectivity index (χ3v) is 1.05. The Morgan fingerprint density at radius 2 is 1.58 bits per heavy atom. The highest BCUT2D eigenvalue weighted by Gasteiger charge is 2.05. The van der Waals surface area contributed by atoms with Crippen LogP contribution in [0.1, 0.15) is 20.8 Å². The van der Waals surface area contributed by atoms with Crippen molar-refractivity contribution < 1.29 is 27.1 Å². The zero-order valence-electron chi connectivity index (χ0n) is 12.1. The molecule has 0 radical (unpaired) electrons. The van der Waals surface area contributed by atoms with Crippen molar-refractivity contribution in [1.29, 1.82) is 0 Å². The van der Waals surface area contributed by atoms with Gasteiger partial charge in [0.2, 0.25) is 0 Å². The number of esters is 1. The van der Waals surface area contributed by atoms with Gasteiger partial charge in [-0.2, -0.15) is 8.42 Å². The molecule has 0 aliphatic rings. The Labute approximate surface area is 114 Å². The summed E-state index contributed by atoms with van der Waals surface area (Å²) >= 11 is 0. The van der Waals surface area contributed by atoms with Crippen LogP contribution in [0.2, 0.25) is 0 Å². The predicted molar refractivity (Wildman–Crippen MR) is 73.0 cm³/mol. The van der Waals surface area contributed by atoms with Crippen LogP contribution in [-0.4, -0.2) is 55.8 Å². The lowest BCUT2D eigenvalue weighted by Gasteiger charge is -2.06. The second kappa shape index (κ2) is 12.1. The van der Waals surface area contributed by atoms with Gasteiger partial charge in [-0.25, -0.2) is 4.79 Å². The minimum atomic E-state index is -4.67. The molecule has 0 rings (SSSR count). The Bertz CT molecular complexity index is 351. The maximum atomic E-state index is 10.8. The van der Waals surface area contributed by atoms with Crippen molar-refractivity contribution in [1.82, 2.24) is 4.90 Å². The lowest BCUT2D eigenvalue weighted by molar-refractivity contribution is -0.143. The molecule has 1 atom stereocenters. The summed E-state index contributed by atoms with van der Waals surface area (Å²) in [7, 11) is 1.33. The van der Waals surface area contributed by atoms with E-state index in [0.29, 0.717) is 5.57 Å². The molecule has 8 nitrogen and oxygen atoms in total. The molecule has 0 aromatic heterocycles. The number of nitrogens with two attached hydrogens (primary N) is 1. The molecule has 0 aromatic rings. The summed E-state index contributed by atoms with van der Waals surface area (Å²) in [5.41, 5.74) is 5.80. The van der Waals surface area contributed by atoms with Crippen LogP contribution in [0.5, 0.6) is 0 Å². The molecule has 9 heteroatoms. The average molecular weight is 300 g/mol. The van der Waals surface area contributed by atoms with Crippen LogP contribution in [0.4, 0.5) is 0 Å². The largest absolute Gasteiger partial charge is 0.444 e. The first kappa shape index (κ1) is 23.1. The summed E-state index contributed by atoms with van der Waals surface area (Å²) in [4.78, 5) is 12.8. The molecule has 4 N–H and O–H groups in total. The van der Waals surface area contributed by atoms with Gasteiger partial charge in [0, 0.05) is 5.57 Å². The summed E-state index contributed by atoms with van der Waals surface area (Å²) in [6.45, 7) is 5.07. The fourth-order valence-corrected chi connectivity index (χ4v) is 0.380. The number of nitrogens with zero attached hydrogens (tertiary/aromatic N) is 1. The Kier molecular flexibility index (Phi) is 14.7. The van der Waals surface area contributed by atoms with Gasteiger partial charge in [-0.05, 0) is 41.9 Å². The predicted octanol–water partition coefficient (Wildman–Crippen LogP) is 0.326. The van der Waals surface area contributed by atoms with Gasteiger partial charge in [0.1, 0.15) is 6.23 Å². The number of hydrogen-bond donors (Lipinski definition) is 3. The number of rotatable bonds is 2. The molecule has 0 aliphatic heterocycles. The van der Waals surface area contributed by atoms with E-state index in [1.54, 1.807) is 26.8 Å². The summed E-state index contributed by atoms with van der Waals surface area (Å²) < 4.78 is 36.3. The van der Waals surface area contributed by atoms with Crippen LogP contribution in [0.15, 0.2) is 11.6 Å². The molecule has 0 spiro atoms. The van der Waals surface area contributed by atoms with Crippen LogP contribution >= 0.6 is 0 Å². The normalized spacial score (nSPS) is 12.6. The second-order valence-electron chi connectivity index (χ2n) is 3.87. The number of allylic oxidation sites excluding steroid dienone is 1. The minimum absolute atomic E-state index is 0.350. The average Bonchev–Trinajstić information content (AvgIpc) is 2.11. The second-order valence-corrected chi connectivity index (χ2v) is 4.77. The highest BCUT2D eigenvalue weighted by Crippen LogP contribution is 1.96. The van der Waals surface area contributed by atoms with Crippen molar-refractivity contribution in [2.45, 2.75) is 27.0 Å². The number of carbonyl (C=O) groups excluding carboxylic acids is 1. The van der Waals surface area contributed by atoms with Crippen molar-refractivity contribution in [2.75, 3.05) is 21.1 Å². The zero-order chi connectivity index (χ0) is 16.2. The third-order valence-electron chi connectivity index (χ3n) is 1.05. The van der Waals surface area contributed by atoms with Crippen molar-refractivity contribution in [3.8, 4) is 0 Å². The Balaban J connectivity index is -0.000000238. The summed E-state index contributed by atoms with van der Waals surface area (Å²) in [6.07, 6.45) is 1.16. The van der Waals surface area contributed by atoms with Crippen molar-refractivity contribution in [3.63, 3.8) is 0 Å². The topological polar surface area (TPSA) is 130 Å². The van der Waals surface area contributed by atoms with E-state index < -0.39 is 16.6 Å². The van der Waals surface area contributed by atoms with E-state index in [-0.39, 0.29) is 5.97 Å². The summed E-state index contributed by atoms with van der Waals surface area (Å²) in [5, 5.41) is 0. The molecule has 0 amide bonds. The fourth-order valence-electron chi connectivity index (χ4n) is 0.380. The van der Waals surface area contributed by atoms with E-state index in [0.717, 1.165) is 0 Å². The summed E-state index contributed by atoms with van der Waals surface area (Å²) in [6, 6.07) is 0. The third kappa shape index (κ3) is 47.2. The molecule has 0 saturated carbocycles. The van der Waals surface area contributed by atoms with Gasteiger partial charge < -0.3 is 9.64 Å². The standard InChI is InChI=1S/C7H13NO2.C3H9N.H2O4S/c1-4-5(2)7(9)10-6(3)8;1-4(2)3;1-5(2,3)4/h4,6H,8H2,1-3H3;1-3H3;(H2,1,2,3,4). The molecule has 0 fully saturated rings. The van der Waals surface area contributed by atoms with Crippen LogP contribution in [0.25, 0.3) is 0 Å². The molecule has 0 aliphatic carbocycles. The zero-order valence-corrected chi connectivity index (χ0v) is 12.9. The van der Waals surface area contributed by atoms with Gasteiger partial charge in [-0.1, -0.05) is 6.08 Å². The first-order chi connectivity index (χ1) is 8.31. The lowest BCUT2D eigenvalue weighted by Crippen LogP contribution is -2.23. The molecular formula is C10H24N2O6S. The first-order valence-electron chi connectivity index (χ1n) is 5.21. The molecule has 0 aromatic carbocycles. The molecule has 0 bridgehead atoms. The Morgan fingerprint density at radius 1 is 1.32 bits per heavy atom. The number of hydrogen-bond acceptors (Lipinski definition) is 6. The van der Waals surface area contributed by atoms with Gasteiger partial charge in [-0.15, -0.1) is 0 Å². The van der Waals surface area contributed by atoms with Gasteiger partial charge in [0.15, 0.2) is 0 Å². The monoisotopic (exact) mass is 300 g/mol. The molecule has 116 valence electrons. The smallest absolute Gasteiger partial charge is 0.394 e. The van der Waals surface area contributed by atoms with Crippen LogP contribution in [0.3, 0.4) is 0 Å². The Hall–Kier alpha value is -1.00. The molecule has 0 saturated heterocycles. The van der Waals surface area contributed by atoms with E-state index >= 15 is 0 Å². The fraction of sp³-hybridized carbons (Fsp3) is 0.700. The number of carbonyl (C=O) groups is 1. The van der Waals surface area contributed by atoms with Crippen molar-refractivity contribution in [2.24, 2.45) is 5.73 Å². The maximum Gasteiger partial charge on any atom is 0.394 e. The van der Waals surface area contributed by atoms with Gasteiger partial charge in [0.25, 0.3) is 0 Å². The van der Waals surface area contributed by atoms with Crippen LogP contribution in [-0.2, 0) is 19.9 Å². The van der Waals surface area contributed by atoms with E-state index in [2.05, 4.69) is 4.74 Å². The SMILES string of the molecule is CC=C(C)C(=O)OC(C)N.CN(C)C.O=S(=O)(O)O. The number of ether oxygens (including phenoxy) is 1. The highest BCUT2D eigenvalue weighted by atomic mass is 32.3. The van der Waals surface area contributed by atoms with Gasteiger partial charge >= 0.3 is 16.4 Å². The molecule has 19 heavy (non-hydrogen) atoms. The van der Waals surface area contributed by atoms with E-state index in [1.165, 1.54) is 0 Å². The van der Waals surface area contributed by atoms with Gasteiger partial charge in [-0.3, -0.25) is 14.8 Å². The van der Waals surface area contributed by atoms with Crippen LogP contribution < -0.4 is 5.73 Å². The van der Waals surface area contributed by atoms with Gasteiger partial charge in [0.05, 0.1) is 0 Å². The first-order valence-corrected chi connectivity index (χ1v) is 6.61.